The lowest BCUT2D eigenvalue weighted by Gasteiger charge is -2.32. The van der Waals surface area contributed by atoms with Crippen molar-refractivity contribution >= 4 is 0 Å². The van der Waals surface area contributed by atoms with E-state index in [4.69, 9.17) is 0 Å². The Morgan fingerprint density at radius 1 is 1.31 bits per heavy atom. The predicted molar refractivity (Wildman–Crippen MR) is 69.5 cm³/mol. The van der Waals surface area contributed by atoms with Gasteiger partial charge < -0.3 is 10.0 Å². The maximum absolute atomic E-state index is 9.93. The summed E-state index contributed by atoms with van der Waals surface area (Å²) >= 11 is 0. The Kier molecular flexibility index (Phi) is 6.37. The normalized spacial score (nSPS) is 28.3. The smallest absolute Gasteiger partial charge is 0.0580 e. The van der Waals surface area contributed by atoms with Crippen LogP contribution in [0.2, 0.25) is 0 Å². The summed E-state index contributed by atoms with van der Waals surface area (Å²) in [5.74, 6) is 1.31. The molecule has 0 bridgehead atoms. The van der Waals surface area contributed by atoms with Gasteiger partial charge in [0.15, 0.2) is 0 Å². The number of hydrogen-bond donors (Lipinski definition) is 1. The summed E-state index contributed by atoms with van der Waals surface area (Å²) in [5, 5.41) is 9.93. The summed E-state index contributed by atoms with van der Waals surface area (Å²) in [5.41, 5.74) is 0. The van der Waals surface area contributed by atoms with Crippen LogP contribution < -0.4 is 0 Å². The van der Waals surface area contributed by atoms with Gasteiger partial charge in [0, 0.05) is 13.1 Å². The predicted octanol–water partition coefficient (Wildman–Crippen LogP) is 2.91. The summed E-state index contributed by atoms with van der Waals surface area (Å²) in [6.45, 7) is 6.84. The first-order valence-electron chi connectivity index (χ1n) is 7.00. The Labute approximate surface area is 101 Å². The highest BCUT2D eigenvalue weighted by Crippen LogP contribution is 2.25. The molecular weight excluding hydrogens is 198 g/mol. The lowest BCUT2D eigenvalue weighted by atomic mass is 9.86. The van der Waals surface area contributed by atoms with Gasteiger partial charge in [-0.1, -0.05) is 33.1 Å². The highest BCUT2D eigenvalue weighted by molar-refractivity contribution is 4.77. The first-order valence-corrected chi connectivity index (χ1v) is 7.00. The van der Waals surface area contributed by atoms with Gasteiger partial charge in [0.05, 0.1) is 6.10 Å². The van der Waals surface area contributed by atoms with E-state index >= 15 is 0 Å². The largest absolute Gasteiger partial charge is 0.393 e. The fraction of sp³-hybridized carbons (Fsp3) is 1.00. The molecule has 2 heteroatoms. The Balaban J connectivity index is 2.24. The molecule has 1 N–H and O–H groups in total. The zero-order chi connectivity index (χ0) is 12.0. The average Bonchev–Trinajstić information content (AvgIpc) is 2.21. The monoisotopic (exact) mass is 227 g/mol. The minimum absolute atomic E-state index is 0.0438. The van der Waals surface area contributed by atoms with Gasteiger partial charge in [-0.2, -0.15) is 0 Å². The van der Waals surface area contributed by atoms with Crippen LogP contribution in [0.4, 0.5) is 0 Å². The standard InChI is InChI=1S/C14H29NO/c1-4-7-12(2)10-15(3)11-13-8-5-6-9-14(13)16/h12-14,16H,4-11H2,1-3H3. The third kappa shape index (κ3) is 4.84. The van der Waals surface area contributed by atoms with Crippen LogP contribution in [0.3, 0.4) is 0 Å². The number of aliphatic hydroxyl groups excluding tert-OH is 1. The second-order valence-corrected chi connectivity index (χ2v) is 5.73. The quantitative estimate of drug-likeness (QED) is 0.754. The Hall–Kier alpha value is -0.0800. The molecular formula is C14H29NO. The Morgan fingerprint density at radius 3 is 2.62 bits per heavy atom. The van der Waals surface area contributed by atoms with Gasteiger partial charge in [-0.3, -0.25) is 0 Å². The molecule has 0 aliphatic heterocycles. The lowest BCUT2D eigenvalue weighted by molar-refractivity contribution is 0.0489. The van der Waals surface area contributed by atoms with Crippen molar-refractivity contribution < 1.29 is 5.11 Å². The van der Waals surface area contributed by atoms with E-state index in [2.05, 4.69) is 25.8 Å². The van der Waals surface area contributed by atoms with Crippen LogP contribution in [0.25, 0.3) is 0 Å². The molecule has 16 heavy (non-hydrogen) atoms. The summed E-state index contributed by atoms with van der Waals surface area (Å²) < 4.78 is 0. The third-order valence-electron chi connectivity index (χ3n) is 3.82. The first kappa shape index (κ1) is 14.0. The van der Waals surface area contributed by atoms with Crippen LogP contribution in [-0.2, 0) is 0 Å². The number of rotatable bonds is 6. The van der Waals surface area contributed by atoms with Gasteiger partial charge in [0.2, 0.25) is 0 Å². The van der Waals surface area contributed by atoms with E-state index in [1.165, 1.54) is 38.6 Å². The zero-order valence-corrected chi connectivity index (χ0v) is 11.3. The van der Waals surface area contributed by atoms with Crippen molar-refractivity contribution in [3.05, 3.63) is 0 Å². The highest BCUT2D eigenvalue weighted by atomic mass is 16.3. The maximum Gasteiger partial charge on any atom is 0.0580 e. The molecule has 0 saturated heterocycles. The summed E-state index contributed by atoms with van der Waals surface area (Å²) in [6, 6.07) is 0. The zero-order valence-electron chi connectivity index (χ0n) is 11.3. The molecule has 0 radical (unpaired) electrons. The van der Waals surface area contributed by atoms with E-state index in [-0.39, 0.29) is 6.10 Å². The average molecular weight is 227 g/mol. The van der Waals surface area contributed by atoms with Crippen molar-refractivity contribution in [2.45, 2.75) is 58.5 Å². The van der Waals surface area contributed by atoms with Gasteiger partial charge in [-0.25, -0.2) is 0 Å². The molecule has 96 valence electrons. The molecule has 1 rings (SSSR count). The number of aliphatic hydroxyl groups is 1. The van der Waals surface area contributed by atoms with Crippen molar-refractivity contribution in [2.24, 2.45) is 11.8 Å². The fourth-order valence-electron chi connectivity index (χ4n) is 2.99. The van der Waals surface area contributed by atoms with Crippen molar-refractivity contribution in [1.29, 1.82) is 0 Å². The molecule has 2 nitrogen and oxygen atoms in total. The SMILES string of the molecule is CCCC(C)CN(C)CC1CCCCC1O. The molecule has 1 aliphatic carbocycles. The minimum atomic E-state index is -0.0438. The van der Waals surface area contributed by atoms with Crippen LogP contribution in [0, 0.1) is 11.8 Å². The number of nitrogens with zero attached hydrogens (tertiary/aromatic N) is 1. The van der Waals surface area contributed by atoms with Crippen molar-refractivity contribution in [3.8, 4) is 0 Å². The topological polar surface area (TPSA) is 23.5 Å². The van der Waals surface area contributed by atoms with Crippen molar-refractivity contribution in [1.82, 2.24) is 4.90 Å². The molecule has 1 aliphatic rings. The lowest BCUT2D eigenvalue weighted by Crippen LogP contribution is -2.36. The molecule has 1 fully saturated rings. The van der Waals surface area contributed by atoms with Crippen molar-refractivity contribution in [3.63, 3.8) is 0 Å². The first-order chi connectivity index (χ1) is 7.63. The van der Waals surface area contributed by atoms with Crippen molar-refractivity contribution in [2.75, 3.05) is 20.1 Å². The Morgan fingerprint density at radius 2 is 2.00 bits per heavy atom. The van der Waals surface area contributed by atoms with Crippen LogP contribution in [-0.4, -0.2) is 36.2 Å². The second kappa shape index (κ2) is 7.29. The molecule has 0 aromatic heterocycles. The third-order valence-corrected chi connectivity index (χ3v) is 3.82. The Bertz CT molecular complexity index is 184. The molecule has 0 aromatic carbocycles. The summed E-state index contributed by atoms with van der Waals surface area (Å²) in [6.07, 6.45) is 7.31. The molecule has 1 saturated carbocycles. The van der Waals surface area contributed by atoms with Crippen LogP contribution in [0.15, 0.2) is 0 Å². The van der Waals surface area contributed by atoms with Gasteiger partial charge in [-0.15, -0.1) is 0 Å². The number of hydrogen-bond acceptors (Lipinski definition) is 2. The molecule has 0 aromatic rings. The van der Waals surface area contributed by atoms with Crippen LogP contribution in [0.1, 0.15) is 52.4 Å². The maximum atomic E-state index is 9.93. The van der Waals surface area contributed by atoms with Crippen LogP contribution in [0.5, 0.6) is 0 Å². The molecule has 0 amide bonds. The second-order valence-electron chi connectivity index (χ2n) is 5.73. The summed E-state index contributed by atoms with van der Waals surface area (Å²) in [4.78, 5) is 2.42. The highest BCUT2D eigenvalue weighted by Gasteiger charge is 2.24. The van der Waals surface area contributed by atoms with E-state index in [0.29, 0.717) is 5.92 Å². The van der Waals surface area contributed by atoms with E-state index in [1.807, 2.05) is 0 Å². The van der Waals surface area contributed by atoms with Gasteiger partial charge in [-0.05, 0) is 38.1 Å². The molecule has 0 heterocycles. The van der Waals surface area contributed by atoms with E-state index in [9.17, 15) is 5.11 Å². The van der Waals surface area contributed by atoms with Gasteiger partial charge in [0.25, 0.3) is 0 Å². The van der Waals surface area contributed by atoms with Crippen LogP contribution >= 0.6 is 0 Å². The van der Waals surface area contributed by atoms with E-state index in [1.54, 1.807) is 0 Å². The summed E-state index contributed by atoms with van der Waals surface area (Å²) in [7, 11) is 2.20. The molecule has 3 unspecified atom stereocenters. The molecule has 3 atom stereocenters. The van der Waals surface area contributed by atoms with Gasteiger partial charge >= 0.3 is 0 Å². The van der Waals surface area contributed by atoms with E-state index < -0.39 is 0 Å². The fourth-order valence-corrected chi connectivity index (χ4v) is 2.99. The minimum Gasteiger partial charge on any atom is -0.393 e. The molecule has 0 spiro atoms. The van der Waals surface area contributed by atoms with Gasteiger partial charge in [0.1, 0.15) is 0 Å². The van der Waals surface area contributed by atoms with E-state index in [0.717, 1.165) is 18.9 Å².